The molecule has 1 heterocycles. The minimum atomic E-state index is -0.759. The number of carbonyl (C=O) groups excluding carboxylic acids is 1. The Morgan fingerprint density at radius 3 is 2.39 bits per heavy atom. The van der Waals surface area contributed by atoms with Crippen molar-refractivity contribution in [2.45, 2.75) is 25.3 Å². The predicted octanol–water partition coefficient (Wildman–Crippen LogP) is 3.43. The highest BCUT2D eigenvalue weighted by atomic mass is 16.4. The molecule has 4 rings (SSSR count). The van der Waals surface area contributed by atoms with Crippen LogP contribution in [0.3, 0.4) is 0 Å². The molecule has 0 bridgehead atoms. The molecular weight excluding hydrogens is 290 g/mol. The van der Waals surface area contributed by atoms with E-state index in [9.17, 15) is 14.7 Å². The summed E-state index contributed by atoms with van der Waals surface area (Å²) in [5, 5.41) is 9.41. The first-order valence-corrected chi connectivity index (χ1v) is 7.87. The van der Waals surface area contributed by atoms with Gasteiger partial charge in [0.1, 0.15) is 0 Å². The molecule has 0 spiro atoms. The molecule has 4 nitrogen and oxygen atoms in total. The van der Waals surface area contributed by atoms with E-state index in [1.807, 2.05) is 48.5 Å². The molecule has 116 valence electrons. The van der Waals surface area contributed by atoms with Crippen molar-refractivity contribution in [3.05, 3.63) is 65.2 Å². The molecule has 23 heavy (non-hydrogen) atoms. The number of carboxylic acids is 1. The summed E-state index contributed by atoms with van der Waals surface area (Å²) in [6.45, 7) is 0.569. The smallest absolute Gasteiger partial charge is 0.311 e. The van der Waals surface area contributed by atoms with Crippen LogP contribution in [0.1, 0.15) is 40.2 Å². The van der Waals surface area contributed by atoms with Crippen LogP contribution < -0.4 is 4.90 Å². The molecule has 1 amide bonds. The van der Waals surface area contributed by atoms with Gasteiger partial charge in [-0.3, -0.25) is 9.59 Å². The monoisotopic (exact) mass is 307 g/mol. The van der Waals surface area contributed by atoms with E-state index in [4.69, 9.17) is 0 Å². The quantitative estimate of drug-likeness (QED) is 0.941. The van der Waals surface area contributed by atoms with Gasteiger partial charge < -0.3 is 10.0 Å². The molecule has 1 aliphatic carbocycles. The standard InChI is InChI=1S/C19H17NO3/c21-18-16-4-2-1-3-14(16)11-20(18)15-9-7-13(8-10-15)17(19(22)23)12-5-6-12/h1-4,7-10,12,17H,5-6,11H2,(H,22,23). The van der Waals surface area contributed by atoms with Crippen molar-refractivity contribution in [1.29, 1.82) is 0 Å². The summed E-state index contributed by atoms with van der Waals surface area (Å²) in [5.74, 6) is -0.915. The topological polar surface area (TPSA) is 57.6 Å². The average Bonchev–Trinajstić information content (AvgIpc) is 3.32. The zero-order valence-electron chi connectivity index (χ0n) is 12.6. The number of hydrogen-bond acceptors (Lipinski definition) is 2. The lowest BCUT2D eigenvalue weighted by Gasteiger charge is -2.18. The number of rotatable bonds is 4. The Balaban J connectivity index is 1.60. The molecule has 1 N–H and O–H groups in total. The maximum absolute atomic E-state index is 12.5. The molecular formula is C19H17NO3. The van der Waals surface area contributed by atoms with Gasteiger partial charge in [-0.25, -0.2) is 0 Å². The highest BCUT2D eigenvalue weighted by Gasteiger charge is 2.37. The van der Waals surface area contributed by atoms with E-state index in [0.717, 1.165) is 35.2 Å². The molecule has 1 atom stereocenters. The van der Waals surface area contributed by atoms with Crippen molar-refractivity contribution in [2.75, 3.05) is 4.90 Å². The number of benzene rings is 2. The third-order valence-corrected chi connectivity index (χ3v) is 4.74. The first kappa shape index (κ1) is 14.0. The number of hydrogen-bond donors (Lipinski definition) is 1. The fourth-order valence-corrected chi connectivity index (χ4v) is 3.37. The van der Waals surface area contributed by atoms with E-state index in [1.54, 1.807) is 4.90 Å². The molecule has 1 aliphatic heterocycles. The fourth-order valence-electron chi connectivity index (χ4n) is 3.37. The second-order valence-corrected chi connectivity index (χ2v) is 6.29. The second-order valence-electron chi connectivity index (χ2n) is 6.29. The Morgan fingerprint density at radius 2 is 1.78 bits per heavy atom. The summed E-state index contributed by atoms with van der Waals surface area (Å²) in [5.41, 5.74) is 3.42. The average molecular weight is 307 g/mol. The summed E-state index contributed by atoms with van der Waals surface area (Å²) in [4.78, 5) is 25.7. The lowest BCUT2D eigenvalue weighted by molar-refractivity contribution is -0.139. The van der Waals surface area contributed by atoms with Crippen molar-refractivity contribution in [2.24, 2.45) is 5.92 Å². The summed E-state index contributed by atoms with van der Waals surface area (Å²) in [6.07, 6.45) is 1.97. The number of fused-ring (bicyclic) bond motifs is 1. The van der Waals surface area contributed by atoms with Gasteiger partial charge in [-0.1, -0.05) is 30.3 Å². The van der Waals surface area contributed by atoms with Gasteiger partial charge in [-0.15, -0.1) is 0 Å². The number of carboxylic acid groups (broad SMARTS) is 1. The third-order valence-electron chi connectivity index (χ3n) is 4.74. The number of nitrogens with zero attached hydrogens (tertiary/aromatic N) is 1. The molecule has 0 radical (unpaired) electrons. The lowest BCUT2D eigenvalue weighted by atomic mass is 9.94. The first-order chi connectivity index (χ1) is 11.1. The minimum absolute atomic E-state index is 0.00493. The van der Waals surface area contributed by atoms with Gasteiger partial charge in [-0.2, -0.15) is 0 Å². The van der Waals surface area contributed by atoms with Crippen LogP contribution in [0.15, 0.2) is 48.5 Å². The van der Waals surface area contributed by atoms with E-state index in [0.29, 0.717) is 6.54 Å². The maximum atomic E-state index is 12.5. The Bertz CT molecular complexity index is 777. The van der Waals surface area contributed by atoms with Crippen molar-refractivity contribution < 1.29 is 14.7 Å². The third kappa shape index (κ3) is 2.40. The van der Waals surface area contributed by atoms with Crippen LogP contribution in [-0.2, 0) is 11.3 Å². The summed E-state index contributed by atoms with van der Waals surface area (Å²) >= 11 is 0. The van der Waals surface area contributed by atoms with Gasteiger partial charge >= 0.3 is 5.97 Å². The van der Waals surface area contributed by atoms with Crippen molar-refractivity contribution in [3.8, 4) is 0 Å². The van der Waals surface area contributed by atoms with Gasteiger partial charge in [0.05, 0.1) is 12.5 Å². The Hall–Kier alpha value is -2.62. The summed E-state index contributed by atoms with van der Waals surface area (Å²) in [7, 11) is 0. The van der Waals surface area contributed by atoms with Gasteiger partial charge in [0, 0.05) is 11.3 Å². The normalized spacial score (nSPS) is 17.9. The van der Waals surface area contributed by atoms with Gasteiger partial charge in [0.15, 0.2) is 0 Å². The number of aliphatic carboxylic acids is 1. The van der Waals surface area contributed by atoms with E-state index < -0.39 is 11.9 Å². The van der Waals surface area contributed by atoms with Crippen LogP contribution in [-0.4, -0.2) is 17.0 Å². The molecule has 2 aromatic carbocycles. The van der Waals surface area contributed by atoms with E-state index >= 15 is 0 Å². The molecule has 1 unspecified atom stereocenters. The van der Waals surface area contributed by atoms with Gasteiger partial charge in [-0.05, 0) is 48.1 Å². The van der Waals surface area contributed by atoms with Gasteiger partial charge in [0.2, 0.25) is 0 Å². The zero-order chi connectivity index (χ0) is 16.0. The van der Waals surface area contributed by atoms with Crippen LogP contribution in [0.2, 0.25) is 0 Å². The largest absolute Gasteiger partial charge is 0.481 e. The lowest BCUT2D eigenvalue weighted by Crippen LogP contribution is -2.23. The van der Waals surface area contributed by atoms with Crippen molar-refractivity contribution in [1.82, 2.24) is 0 Å². The van der Waals surface area contributed by atoms with Crippen LogP contribution in [0.4, 0.5) is 5.69 Å². The highest BCUT2D eigenvalue weighted by molar-refractivity contribution is 6.09. The Morgan fingerprint density at radius 1 is 1.09 bits per heavy atom. The molecule has 0 saturated heterocycles. The predicted molar refractivity (Wildman–Crippen MR) is 86.5 cm³/mol. The van der Waals surface area contributed by atoms with Crippen molar-refractivity contribution >= 4 is 17.6 Å². The van der Waals surface area contributed by atoms with E-state index in [-0.39, 0.29) is 11.8 Å². The molecule has 1 saturated carbocycles. The summed E-state index contributed by atoms with van der Waals surface area (Å²) in [6, 6.07) is 15.0. The first-order valence-electron chi connectivity index (χ1n) is 7.87. The summed E-state index contributed by atoms with van der Waals surface area (Å²) < 4.78 is 0. The molecule has 1 fully saturated rings. The van der Waals surface area contributed by atoms with Gasteiger partial charge in [0.25, 0.3) is 5.91 Å². The zero-order valence-corrected chi connectivity index (χ0v) is 12.6. The highest BCUT2D eigenvalue weighted by Crippen LogP contribution is 2.43. The van der Waals surface area contributed by atoms with Crippen LogP contribution in [0.25, 0.3) is 0 Å². The van der Waals surface area contributed by atoms with E-state index in [2.05, 4.69) is 0 Å². The Kier molecular flexibility index (Phi) is 3.18. The number of amides is 1. The molecule has 2 aliphatic rings. The second kappa shape index (κ2) is 5.23. The Labute approximate surface area is 134 Å². The maximum Gasteiger partial charge on any atom is 0.311 e. The SMILES string of the molecule is O=C(O)C(c1ccc(N2Cc3ccccc3C2=O)cc1)C1CC1. The molecule has 0 aromatic heterocycles. The number of carbonyl (C=O) groups is 2. The molecule has 2 aromatic rings. The van der Waals surface area contributed by atoms with Crippen LogP contribution in [0, 0.1) is 5.92 Å². The van der Waals surface area contributed by atoms with E-state index in [1.165, 1.54) is 0 Å². The fraction of sp³-hybridized carbons (Fsp3) is 0.263. The van der Waals surface area contributed by atoms with Crippen molar-refractivity contribution in [3.63, 3.8) is 0 Å². The van der Waals surface area contributed by atoms with Crippen LogP contribution in [0.5, 0.6) is 0 Å². The van der Waals surface area contributed by atoms with Crippen LogP contribution >= 0.6 is 0 Å². The number of anilines is 1. The molecule has 4 heteroatoms. The minimum Gasteiger partial charge on any atom is -0.481 e.